The van der Waals surface area contributed by atoms with Crippen LogP contribution in [0.4, 0.5) is 10.4 Å². The summed E-state index contributed by atoms with van der Waals surface area (Å²) < 4.78 is 18.2. The van der Waals surface area contributed by atoms with E-state index in [0.717, 1.165) is 4.88 Å². The number of anilines is 1. The Morgan fingerprint density at radius 2 is 2.05 bits per heavy atom. The zero-order valence-electron chi connectivity index (χ0n) is 11.5. The van der Waals surface area contributed by atoms with Crippen LogP contribution in [0.1, 0.15) is 16.3 Å². The van der Waals surface area contributed by atoms with Gasteiger partial charge in [-0.05, 0) is 29.1 Å². The lowest BCUT2D eigenvalue weighted by atomic mass is 10.1. The number of benzene rings is 1. The third-order valence-electron chi connectivity index (χ3n) is 2.90. The molecule has 3 rings (SSSR count). The van der Waals surface area contributed by atoms with E-state index in [1.807, 2.05) is 17.5 Å². The van der Waals surface area contributed by atoms with Crippen molar-refractivity contribution in [3.63, 3.8) is 0 Å². The van der Waals surface area contributed by atoms with Gasteiger partial charge in [-0.25, -0.2) is 4.39 Å². The van der Waals surface area contributed by atoms with Crippen molar-refractivity contribution in [2.45, 2.75) is 12.8 Å². The Morgan fingerprint density at radius 1 is 1.23 bits per heavy atom. The summed E-state index contributed by atoms with van der Waals surface area (Å²) in [7, 11) is 0. The zero-order chi connectivity index (χ0) is 15.4. The number of rotatable bonds is 5. The highest BCUT2D eigenvalue weighted by Crippen LogP contribution is 2.15. The molecule has 2 heterocycles. The minimum Gasteiger partial charge on any atom is -0.407 e. The molecule has 0 bridgehead atoms. The van der Waals surface area contributed by atoms with Crippen molar-refractivity contribution in [2.24, 2.45) is 0 Å². The number of carbonyl (C=O) groups excluding carboxylic acids is 1. The monoisotopic (exact) mass is 317 g/mol. The average molecular weight is 317 g/mol. The smallest absolute Gasteiger partial charge is 0.322 e. The summed E-state index contributed by atoms with van der Waals surface area (Å²) in [6, 6.07) is 9.74. The van der Waals surface area contributed by atoms with E-state index in [9.17, 15) is 9.18 Å². The first-order valence-electron chi connectivity index (χ1n) is 6.58. The molecular formula is C15H12FN3O2S. The largest absolute Gasteiger partial charge is 0.407 e. The topological polar surface area (TPSA) is 68.0 Å². The van der Waals surface area contributed by atoms with Gasteiger partial charge in [0.1, 0.15) is 5.82 Å². The molecule has 2 aromatic heterocycles. The molecule has 0 aliphatic heterocycles. The maximum atomic E-state index is 12.8. The summed E-state index contributed by atoms with van der Waals surface area (Å²) in [6.07, 6.45) is 0.654. The first-order chi connectivity index (χ1) is 10.7. The predicted octanol–water partition coefficient (Wildman–Crippen LogP) is 3.04. The molecular weight excluding hydrogens is 305 g/mol. The van der Waals surface area contributed by atoms with Crippen LogP contribution in [0.5, 0.6) is 0 Å². The lowest BCUT2D eigenvalue weighted by molar-refractivity contribution is -0.115. The first-order valence-corrected chi connectivity index (χ1v) is 7.46. The van der Waals surface area contributed by atoms with Crippen LogP contribution in [0.3, 0.4) is 0 Å². The van der Waals surface area contributed by atoms with Gasteiger partial charge in [-0.2, -0.15) is 0 Å². The SMILES string of the molecule is O=C(Cc1ccc(F)cc1)Nc1nnc(Cc2cccs2)o1. The van der Waals surface area contributed by atoms with Crippen molar-refractivity contribution < 1.29 is 13.6 Å². The molecule has 0 unspecified atom stereocenters. The number of halogens is 1. The summed E-state index contributed by atoms with van der Waals surface area (Å²) in [5.41, 5.74) is 0.706. The Morgan fingerprint density at radius 3 is 2.77 bits per heavy atom. The molecule has 0 aliphatic rings. The van der Waals surface area contributed by atoms with Crippen LogP contribution in [0.25, 0.3) is 0 Å². The Hall–Kier alpha value is -2.54. The number of carbonyl (C=O) groups is 1. The van der Waals surface area contributed by atoms with Crippen LogP contribution >= 0.6 is 11.3 Å². The molecule has 22 heavy (non-hydrogen) atoms. The fourth-order valence-corrected chi connectivity index (χ4v) is 2.58. The molecule has 112 valence electrons. The Labute approximate surface area is 129 Å². The van der Waals surface area contributed by atoms with Crippen LogP contribution in [0, 0.1) is 5.82 Å². The predicted molar refractivity (Wildman–Crippen MR) is 80.2 cm³/mol. The molecule has 5 nitrogen and oxygen atoms in total. The van der Waals surface area contributed by atoms with Crippen molar-refractivity contribution in [3.05, 3.63) is 63.9 Å². The van der Waals surface area contributed by atoms with Gasteiger partial charge in [0.15, 0.2) is 0 Å². The molecule has 0 aliphatic carbocycles. The number of nitrogens with one attached hydrogen (secondary N) is 1. The van der Waals surface area contributed by atoms with E-state index in [0.29, 0.717) is 17.9 Å². The van der Waals surface area contributed by atoms with Gasteiger partial charge in [0.25, 0.3) is 0 Å². The first kappa shape index (κ1) is 14.4. The zero-order valence-corrected chi connectivity index (χ0v) is 12.3. The van der Waals surface area contributed by atoms with Gasteiger partial charge in [-0.1, -0.05) is 23.3 Å². The summed E-state index contributed by atoms with van der Waals surface area (Å²) in [4.78, 5) is 13.0. The number of amides is 1. The highest BCUT2D eigenvalue weighted by molar-refractivity contribution is 7.09. The number of hydrogen-bond acceptors (Lipinski definition) is 5. The fraction of sp³-hybridized carbons (Fsp3) is 0.133. The van der Waals surface area contributed by atoms with E-state index in [-0.39, 0.29) is 24.2 Å². The van der Waals surface area contributed by atoms with E-state index in [1.54, 1.807) is 23.5 Å². The second kappa shape index (κ2) is 6.48. The third-order valence-corrected chi connectivity index (χ3v) is 3.77. The van der Waals surface area contributed by atoms with Gasteiger partial charge in [0, 0.05) is 4.88 Å². The van der Waals surface area contributed by atoms with Crippen molar-refractivity contribution in [1.82, 2.24) is 10.2 Å². The van der Waals surface area contributed by atoms with E-state index in [2.05, 4.69) is 15.5 Å². The summed E-state index contributed by atoms with van der Waals surface area (Å²) >= 11 is 1.60. The quantitative estimate of drug-likeness (QED) is 0.785. The fourth-order valence-electron chi connectivity index (χ4n) is 1.89. The van der Waals surface area contributed by atoms with Crippen LogP contribution in [0.15, 0.2) is 46.2 Å². The molecule has 1 aromatic carbocycles. The van der Waals surface area contributed by atoms with Crippen LogP contribution in [0.2, 0.25) is 0 Å². The Kier molecular flexibility index (Phi) is 4.24. The molecule has 0 spiro atoms. The highest BCUT2D eigenvalue weighted by atomic mass is 32.1. The molecule has 3 aromatic rings. The van der Waals surface area contributed by atoms with Crippen LogP contribution in [-0.4, -0.2) is 16.1 Å². The minimum absolute atomic E-state index is 0.0682. The molecule has 0 saturated heterocycles. The summed E-state index contributed by atoms with van der Waals surface area (Å²) in [5, 5.41) is 12.2. The van der Waals surface area contributed by atoms with Crippen molar-refractivity contribution >= 4 is 23.3 Å². The molecule has 1 N–H and O–H groups in total. The van der Waals surface area contributed by atoms with E-state index < -0.39 is 0 Å². The Bertz CT molecular complexity index is 753. The number of aromatic nitrogens is 2. The van der Waals surface area contributed by atoms with E-state index in [4.69, 9.17) is 4.42 Å². The maximum Gasteiger partial charge on any atom is 0.322 e. The third kappa shape index (κ3) is 3.76. The molecule has 7 heteroatoms. The average Bonchev–Trinajstić information content (AvgIpc) is 3.14. The van der Waals surface area contributed by atoms with Crippen molar-refractivity contribution in [3.8, 4) is 0 Å². The molecule has 0 saturated carbocycles. The van der Waals surface area contributed by atoms with E-state index in [1.165, 1.54) is 12.1 Å². The minimum atomic E-state index is -0.334. The second-order valence-electron chi connectivity index (χ2n) is 4.61. The number of nitrogens with zero attached hydrogens (tertiary/aromatic N) is 2. The van der Waals surface area contributed by atoms with Gasteiger partial charge in [-0.15, -0.1) is 16.4 Å². The normalized spacial score (nSPS) is 10.6. The summed E-state index contributed by atoms with van der Waals surface area (Å²) in [5.74, 6) is -0.184. The van der Waals surface area contributed by atoms with Crippen molar-refractivity contribution in [1.29, 1.82) is 0 Å². The lowest BCUT2D eigenvalue weighted by Crippen LogP contribution is -2.14. The number of hydrogen-bond donors (Lipinski definition) is 1. The molecule has 1 amide bonds. The van der Waals surface area contributed by atoms with Gasteiger partial charge in [0.05, 0.1) is 12.8 Å². The molecule has 0 fully saturated rings. The van der Waals surface area contributed by atoms with Crippen LogP contribution < -0.4 is 5.32 Å². The molecule has 0 atom stereocenters. The molecule has 0 radical (unpaired) electrons. The maximum absolute atomic E-state index is 12.8. The van der Waals surface area contributed by atoms with Gasteiger partial charge < -0.3 is 4.42 Å². The van der Waals surface area contributed by atoms with Gasteiger partial charge >= 0.3 is 6.01 Å². The van der Waals surface area contributed by atoms with E-state index >= 15 is 0 Å². The Balaban J connectivity index is 1.57. The van der Waals surface area contributed by atoms with Gasteiger partial charge in [0.2, 0.25) is 11.8 Å². The summed E-state index contributed by atoms with van der Waals surface area (Å²) in [6.45, 7) is 0. The lowest BCUT2D eigenvalue weighted by Gasteiger charge is -2.00. The van der Waals surface area contributed by atoms with Crippen molar-refractivity contribution in [2.75, 3.05) is 5.32 Å². The van der Waals surface area contributed by atoms with Gasteiger partial charge in [-0.3, -0.25) is 10.1 Å². The number of thiophene rings is 1. The standard InChI is InChI=1S/C15H12FN3O2S/c16-11-5-3-10(4-6-11)8-13(20)17-15-19-18-14(21-15)9-12-2-1-7-22-12/h1-7H,8-9H2,(H,17,19,20). The second-order valence-corrected chi connectivity index (χ2v) is 5.64. The highest BCUT2D eigenvalue weighted by Gasteiger charge is 2.11. The van der Waals surface area contributed by atoms with Crippen LogP contribution in [-0.2, 0) is 17.6 Å².